The molecule has 0 aromatic heterocycles. The smallest absolute Gasteiger partial charge is 0.191 e. The van der Waals surface area contributed by atoms with E-state index in [1.165, 1.54) is 24.8 Å². The Morgan fingerprint density at radius 2 is 1.95 bits per heavy atom. The van der Waals surface area contributed by atoms with Gasteiger partial charge in [0.25, 0.3) is 0 Å². The third-order valence-electron chi connectivity index (χ3n) is 4.36. The maximum absolute atomic E-state index is 6.08. The summed E-state index contributed by atoms with van der Waals surface area (Å²) in [6.07, 6.45) is 4.74. The number of rotatable bonds is 2. The molecule has 0 bridgehead atoms. The molecular weight excluding hydrogens is 389 g/mol. The second-order valence-corrected chi connectivity index (χ2v) is 6.65. The number of hydrogen-bond acceptors (Lipinski definition) is 2. The standard InChI is InChI=1S/C17H25N3O.HI/c1-17(2)11-14(13-9-4-5-10-15(13)21-17)20-16(18-3)19-12-7-6-8-12;/h4-5,9-10,12,14H,6-8,11H2,1-3H3,(H2,18,19,20);1H. The Bertz CT molecular complexity index is 540. The third-order valence-corrected chi connectivity index (χ3v) is 4.36. The lowest BCUT2D eigenvalue weighted by Crippen LogP contribution is -2.49. The lowest BCUT2D eigenvalue weighted by atomic mass is 9.89. The molecule has 4 nitrogen and oxygen atoms in total. The number of nitrogens with one attached hydrogen (secondary N) is 2. The van der Waals surface area contributed by atoms with Gasteiger partial charge in [-0.2, -0.15) is 0 Å². The van der Waals surface area contributed by atoms with E-state index in [4.69, 9.17) is 4.74 Å². The van der Waals surface area contributed by atoms with Crippen LogP contribution in [0.25, 0.3) is 0 Å². The molecule has 0 spiro atoms. The molecule has 1 unspecified atom stereocenters. The topological polar surface area (TPSA) is 45.7 Å². The Hall–Kier alpha value is -0.980. The lowest BCUT2D eigenvalue weighted by molar-refractivity contribution is 0.0693. The number of nitrogens with zero attached hydrogens (tertiary/aromatic N) is 1. The number of halogens is 1. The molecule has 1 fully saturated rings. The number of benzene rings is 1. The van der Waals surface area contributed by atoms with Crippen LogP contribution in [0.1, 0.15) is 51.1 Å². The predicted octanol–water partition coefficient (Wildman–Crippen LogP) is 3.62. The fourth-order valence-electron chi connectivity index (χ4n) is 3.01. The zero-order valence-corrected chi connectivity index (χ0v) is 15.9. The Balaban J connectivity index is 0.00000176. The number of hydrogen-bond donors (Lipinski definition) is 2. The van der Waals surface area contributed by atoms with Crippen LogP contribution in [0.3, 0.4) is 0 Å². The Labute approximate surface area is 150 Å². The predicted molar refractivity (Wildman–Crippen MR) is 101 cm³/mol. The summed E-state index contributed by atoms with van der Waals surface area (Å²) in [5, 5.41) is 7.08. The quantitative estimate of drug-likeness (QED) is 0.441. The van der Waals surface area contributed by atoms with Gasteiger partial charge in [-0.1, -0.05) is 18.2 Å². The number of ether oxygens (including phenoxy) is 1. The van der Waals surface area contributed by atoms with Crippen molar-refractivity contribution in [1.82, 2.24) is 10.6 Å². The van der Waals surface area contributed by atoms with Crippen LogP contribution >= 0.6 is 24.0 Å². The molecule has 3 rings (SSSR count). The van der Waals surface area contributed by atoms with Gasteiger partial charge in [-0.3, -0.25) is 4.99 Å². The van der Waals surface area contributed by atoms with Crippen LogP contribution in [0.4, 0.5) is 0 Å². The van der Waals surface area contributed by atoms with Crippen LogP contribution in [0.5, 0.6) is 5.75 Å². The minimum atomic E-state index is -0.165. The Morgan fingerprint density at radius 3 is 2.59 bits per heavy atom. The van der Waals surface area contributed by atoms with Crippen molar-refractivity contribution in [1.29, 1.82) is 0 Å². The molecule has 0 amide bonds. The fraction of sp³-hybridized carbons (Fsp3) is 0.588. The van der Waals surface area contributed by atoms with E-state index >= 15 is 0 Å². The van der Waals surface area contributed by atoms with E-state index in [2.05, 4.69) is 41.6 Å². The van der Waals surface area contributed by atoms with Gasteiger partial charge in [0.2, 0.25) is 0 Å². The van der Waals surface area contributed by atoms with Crippen LogP contribution in [-0.4, -0.2) is 24.7 Å². The van der Waals surface area contributed by atoms with Crippen molar-refractivity contribution < 1.29 is 4.74 Å². The van der Waals surface area contributed by atoms with Crippen LogP contribution in [0.15, 0.2) is 29.3 Å². The molecule has 1 heterocycles. The van der Waals surface area contributed by atoms with Crippen molar-refractivity contribution in [2.75, 3.05) is 7.05 Å². The van der Waals surface area contributed by atoms with Gasteiger partial charge in [0.15, 0.2) is 5.96 Å². The first kappa shape index (κ1) is 17.4. The van der Waals surface area contributed by atoms with Crippen molar-refractivity contribution in [3.8, 4) is 5.75 Å². The first-order valence-corrected chi connectivity index (χ1v) is 7.85. The largest absolute Gasteiger partial charge is 0.487 e. The van der Waals surface area contributed by atoms with E-state index in [-0.39, 0.29) is 35.6 Å². The molecule has 1 aliphatic carbocycles. The van der Waals surface area contributed by atoms with E-state index in [0.717, 1.165) is 18.1 Å². The first-order valence-electron chi connectivity index (χ1n) is 7.85. The van der Waals surface area contributed by atoms with Crippen molar-refractivity contribution >= 4 is 29.9 Å². The highest BCUT2D eigenvalue weighted by Gasteiger charge is 2.34. The zero-order chi connectivity index (χ0) is 14.9. The van der Waals surface area contributed by atoms with Gasteiger partial charge in [0, 0.05) is 25.1 Å². The van der Waals surface area contributed by atoms with E-state index in [1.807, 2.05) is 19.2 Å². The van der Waals surface area contributed by atoms with Crippen molar-refractivity contribution in [2.24, 2.45) is 4.99 Å². The van der Waals surface area contributed by atoms with Crippen molar-refractivity contribution in [2.45, 2.75) is 57.2 Å². The molecule has 1 aromatic rings. The van der Waals surface area contributed by atoms with Gasteiger partial charge < -0.3 is 15.4 Å². The SMILES string of the molecule is CN=C(NC1CCC1)NC1CC(C)(C)Oc2ccccc21.I. The second kappa shape index (κ2) is 7.06. The highest BCUT2D eigenvalue weighted by molar-refractivity contribution is 14.0. The summed E-state index contributed by atoms with van der Waals surface area (Å²) in [4.78, 5) is 4.38. The van der Waals surface area contributed by atoms with Gasteiger partial charge >= 0.3 is 0 Å². The Kier molecular flexibility index (Phi) is 5.58. The molecule has 1 aliphatic heterocycles. The molecular formula is C17H26IN3O. The summed E-state index contributed by atoms with van der Waals surface area (Å²) in [6, 6.07) is 9.10. The Morgan fingerprint density at radius 1 is 1.23 bits per heavy atom. The van der Waals surface area contributed by atoms with Gasteiger partial charge in [-0.05, 0) is 39.2 Å². The zero-order valence-electron chi connectivity index (χ0n) is 13.6. The summed E-state index contributed by atoms with van der Waals surface area (Å²) in [6.45, 7) is 4.28. The summed E-state index contributed by atoms with van der Waals surface area (Å²) in [5.41, 5.74) is 1.05. The maximum atomic E-state index is 6.08. The fourth-order valence-corrected chi connectivity index (χ4v) is 3.01. The third kappa shape index (κ3) is 3.86. The summed E-state index contributed by atoms with van der Waals surface area (Å²) in [7, 11) is 1.84. The van der Waals surface area contributed by atoms with Crippen LogP contribution in [0, 0.1) is 0 Å². The minimum Gasteiger partial charge on any atom is -0.487 e. The number of fused-ring (bicyclic) bond motifs is 1. The lowest BCUT2D eigenvalue weighted by Gasteiger charge is -2.39. The van der Waals surface area contributed by atoms with Crippen LogP contribution < -0.4 is 15.4 Å². The van der Waals surface area contributed by atoms with E-state index in [9.17, 15) is 0 Å². The monoisotopic (exact) mass is 415 g/mol. The first-order chi connectivity index (χ1) is 10.1. The van der Waals surface area contributed by atoms with Crippen molar-refractivity contribution in [3.05, 3.63) is 29.8 Å². The molecule has 0 saturated heterocycles. The number of guanidine groups is 1. The molecule has 0 radical (unpaired) electrons. The number of aliphatic imine (C=N–C) groups is 1. The van der Waals surface area contributed by atoms with E-state index in [0.29, 0.717) is 6.04 Å². The summed E-state index contributed by atoms with van der Waals surface area (Å²) < 4.78 is 6.08. The van der Waals surface area contributed by atoms with Crippen LogP contribution in [0.2, 0.25) is 0 Å². The minimum absolute atomic E-state index is 0. The summed E-state index contributed by atoms with van der Waals surface area (Å²) in [5.74, 6) is 1.88. The average molecular weight is 415 g/mol. The van der Waals surface area contributed by atoms with E-state index < -0.39 is 0 Å². The summed E-state index contributed by atoms with van der Waals surface area (Å²) >= 11 is 0. The molecule has 22 heavy (non-hydrogen) atoms. The molecule has 5 heteroatoms. The highest BCUT2D eigenvalue weighted by atomic mass is 127. The highest BCUT2D eigenvalue weighted by Crippen LogP contribution is 2.39. The van der Waals surface area contributed by atoms with Gasteiger partial charge in [0.05, 0.1) is 6.04 Å². The maximum Gasteiger partial charge on any atom is 0.191 e. The average Bonchev–Trinajstić information content (AvgIpc) is 2.40. The molecule has 1 aromatic carbocycles. The molecule has 1 saturated carbocycles. The molecule has 1 atom stereocenters. The van der Waals surface area contributed by atoms with Gasteiger partial charge in [0.1, 0.15) is 11.4 Å². The van der Waals surface area contributed by atoms with Gasteiger partial charge in [-0.15, -0.1) is 24.0 Å². The van der Waals surface area contributed by atoms with Gasteiger partial charge in [-0.25, -0.2) is 0 Å². The number of para-hydroxylation sites is 1. The molecule has 2 aliphatic rings. The molecule has 122 valence electrons. The van der Waals surface area contributed by atoms with Crippen molar-refractivity contribution in [3.63, 3.8) is 0 Å². The molecule has 2 N–H and O–H groups in total. The van der Waals surface area contributed by atoms with E-state index in [1.54, 1.807) is 0 Å². The van der Waals surface area contributed by atoms with Crippen LogP contribution in [-0.2, 0) is 0 Å². The second-order valence-electron chi connectivity index (χ2n) is 6.65. The normalized spacial score (nSPS) is 23.4.